The van der Waals surface area contributed by atoms with Crippen molar-refractivity contribution in [2.75, 3.05) is 6.61 Å². The summed E-state index contributed by atoms with van der Waals surface area (Å²) in [6.45, 7) is 5.13. The highest BCUT2D eigenvalue weighted by Crippen LogP contribution is 2.16. The second-order valence-electron chi connectivity index (χ2n) is 5.96. The maximum Gasteiger partial charge on any atom is 0.344 e. The van der Waals surface area contributed by atoms with Crippen molar-refractivity contribution in [2.24, 2.45) is 0 Å². The summed E-state index contributed by atoms with van der Waals surface area (Å²) in [5, 5.41) is 1.89. The second-order valence-corrected chi connectivity index (χ2v) is 6.68. The Labute approximate surface area is 144 Å². The van der Waals surface area contributed by atoms with Crippen LogP contribution in [0.15, 0.2) is 35.2 Å². The maximum absolute atomic E-state index is 12.0. The lowest BCUT2D eigenvalue weighted by Gasteiger charge is -2.19. The smallest absolute Gasteiger partial charge is 0.344 e. The van der Waals surface area contributed by atoms with Gasteiger partial charge in [0.05, 0.1) is 16.8 Å². The SMILES string of the molecule is CC(C)(C)OC(=O)COC(=O)c1cccc(OCc2cscn2)c1. The lowest BCUT2D eigenvalue weighted by atomic mass is 10.2. The minimum atomic E-state index is -0.618. The Morgan fingerprint density at radius 3 is 2.71 bits per heavy atom. The van der Waals surface area contributed by atoms with Crippen molar-refractivity contribution in [1.29, 1.82) is 0 Å². The molecule has 128 valence electrons. The quantitative estimate of drug-likeness (QED) is 0.746. The predicted octanol–water partition coefficient (Wildman–Crippen LogP) is 3.22. The minimum Gasteiger partial charge on any atom is -0.487 e. The first-order valence-corrected chi connectivity index (χ1v) is 8.27. The van der Waals surface area contributed by atoms with E-state index in [1.54, 1.807) is 50.5 Å². The lowest BCUT2D eigenvalue weighted by Crippen LogP contribution is -2.27. The zero-order valence-corrected chi connectivity index (χ0v) is 14.6. The van der Waals surface area contributed by atoms with Crippen LogP contribution in [0.3, 0.4) is 0 Å². The van der Waals surface area contributed by atoms with Crippen LogP contribution in [0.25, 0.3) is 0 Å². The summed E-state index contributed by atoms with van der Waals surface area (Å²) in [6.07, 6.45) is 0. The molecule has 7 heteroatoms. The van der Waals surface area contributed by atoms with Crippen LogP contribution >= 0.6 is 11.3 Å². The fourth-order valence-corrected chi connectivity index (χ4v) is 2.30. The molecule has 0 atom stereocenters. The molecule has 0 fully saturated rings. The van der Waals surface area contributed by atoms with E-state index in [1.807, 2.05) is 5.38 Å². The highest BCUT2D eigenvalue weighted by molar-refractivity contribution is 7.07. The Morgan fingerprint density at radius 1 is 1.25 bits per heavy atom. The van der Waals surface area contributed by atoms with Crippen LogP contribution in [-0.4, -0.2) is 29.1 Å². The van der Waals surface area contributed by atoms with Gasteiger partial charge in [0, 0.05) is 5.38 Å². The molecule has 0 spiro atoms. The van der Waals surface area contributed by atoms with Crippen molar-refractivity contribution < 1.29 is 23.8 Å². The van der Waals surface area contributed by atoms with Gasteiger partial charge in [-0.05, 0) is 39.0 Å². The molecule has 0 bridgehead atoms. The van der Waals surface area contributed by atoms with E-state index in [2.05, 4.69) is 4.98 Å². The fraction of sp³-hybridized carbons (Fsp3) is 0.353. The lowest BCUT2D eigenvalue weighted by molar-refractivity contribution is -0.158. The van der Waals surface area contributed by atoms with Gasteiger partial charge in [-0.3, -0.25) is 0 Å². The Bertz CT molecular complexity index is 691. The van der Waals surface area contributed by atoms with Crippen LogP contribution in [0.4, 0.5) is 0 Å². The van der Waals surface area contributed by atoms with Crippen molar-refractivity contribution in [2.45, 2.75) is 33.0 Å². The Morgan fingerprint density at radius 2 is 2.04 bits per heavy atom. The Kier molecular flexibility index (Phi) is 5.92. The zero-order chi connectivity index (χ0) is 17.6. The number of carbonyl (C=O) groups excluding carboxylic acids is 2. The molecule has 2 aromatic rings. The van der Waals surface area contributed by atoms with Crippen LogP contribution in [0.5, 0.6) is 5.75 Å². The number of ether oxygens (including phenoxy) is 3. The fourth-order valence-electron chi connectivity index (χ4n) is 1.76. The Hall–Kier alpha value is -2.41. The summed E-state index contributed by atoms with van der Waals surface area (Å²) >= 11 is 1.49. The molecular formula is C17H19NO5S. The van der Waals surface area contributed by atoms with Gasteiger partial charge in [0.1, 0.15) is 18.0 Å². The zero-order valence-electron chi connectivity index (χ0n) is 13.8. The summed E-state index contributed by atoms with van der Waals surface area (Å²) in [6, 6.07) is 6.56. The van der Waals surface area contributed by atoms with E-state index >= 15 is 0 Å². The Balaban J connectivity index is 1.88. The number of benzene rings is 1. The molecule has 0 saturated carbocycles. The average Bonchev–Trinajstić information content (AvgIpc) is 3.02. The first-order valence-electron chi connectivity index (χ1n) is 7.32. The van der Waals surface area contributed by atoms with E-state index in [9.17, 15) is 9.59 Å². The third-order valence-electron chi connectivity index (χ3n) is 2.68. The number of rotatable bonds is 6. The normalized spacial score (nSPS) is 11.0. The largest absolute Gasteiger partial charge is 0.487 e. The highest BCUT2D eigenvalue weighted by Gasteiger charge is 2.18. The second kappa shape index (κ2) is 7.92. The summed E-state index contributed by atoms with van der Waals surface area (Å²) in [4.78, 5) is 27.7. The third kappa shape index (κ3) is 6.00. The van der Waals surface area contributed by atoms with E-state index in [1.165, 1.54) is 11.3 Å². The van der Waals surface area contributed by atoms with Gasteiger partial charge < -0.3 is 14.2 Å². The average molecular weight is 349 g/mol. The van der Waals surface area contributed by atoms with Gasteiger partial charge >= 0.3 is 11.9 Å². The molecule has 2 rings (SSSR count). The molecule has 1 heterocycles. The van der Waals surface area contributed by atoms with Crippen molar-refractivity contribution in [3.8, 4) is 5.75 Å². The molecule has 0 aliphatic heterocycles. The van der Waals surface area contributed by atoms with E-state index in [0.717, 1.165) is 5.69 Å². The molecule has 0 radical (unpaired) electrons. The predicted molar refractivity (Wildman–Crippen MR) is 89.0 cm³/mol. The number of thiazole rings is 1. The number of carbonyl (C=O) groups is 2. The molecule has 0 unspecified atom stereocenters. The summed E-state index contributed by atoms with van der Waals surface area (Å²) in [7, 11) is 0. The molecular weight excluding hydrogens is 330 g/mol. The molecule has 0 saturated heterocycles. The van der Waals surface area contributed by atoms with Crippen LogP contribution in [0.1, 0.15) is 36.8 Å². The van der Waals surface area contributed by atoms with E-state index < -0.39 is 24.1 Å². The molecule has 0 N–H and O–H groups in total. The first-order chi connectivity index (χ1) is 11.3. The standard InChI is InChI=1S/C17H19NO5S/c1-17(2,3)23-15(19)9-22-16(20)12-5-4-6-14(7-12)21-8-13-10-24-11-18-13/h4-7,10-11H,8-9H2,1-3H3. The molecule has 1 aromatic carbocycles. The molecule has 0 aliphatic rings. The number of nitrogens with zero attached hydrogens (tertiary/aromatic N) is 1. The highest BCUT2D eigenvalue weighted by atomic mass is 32.1. The van der Waals surface area contributed by atoms with Gasteiger partial charge in [0.25, 0.3) is 0 Å². The van der Waals surface area contributed by atoms with Gasteiger partial charge in [0.2, 0.25) is 0 Å². The van der Waals surface area contributed by atoms with Gasteiger partial charge in [-0.2, -0.15) is 0 Å². The van der Waals surface area contributed by atoms with Gasteiger partial charge in [-0.25, -0.2) is 14.6 Å². The number of aromatic nitrogens is 1. The monoisotopic (exact) mass is 349 g/mol. The summed E-state index contributed by atoms with van der Waals surface area (Å²) in [5.74, 6) is -0.679. The van der Waals surface area contributed by atoms with Crippen molar-refractivity contribution in [3.63, 3.8) is 0 Å². The van der Waals surface area contributed by atoms with Crippen LogP contribution in [0, 0.1) is 0 Å². The van der Waals surface area contributed by atoms with E-state index in [0.29, 0.717) is 17.9 Å². The number of hydrogen-bond acceptors (Lipinski definition) is 7. The summed E-state index contributed by atoms with van der Waals surface area (Å²) < 4.78 is 15.6. The van der Waals surface area contributed by atoms with Crippen molar-refractivity contribution in [3.05, 3.63) is 46.4 Å². The minimum absolute atomic E-state index is 0.300. The maximum atomic E-state index is 12.0. The molecule has 0 amide bonds. The number of hydrogen-bond donors (Lipinski definition) is 0. The van der Waals surface area contributed by atoms with Gasteiger partial charge in [-0.15, -0.1) is 11.3 Å². The van der Waals surface area contributed by atoms with Crippen molar-refractivity contribution >= 4 is 23.3 Å². The topological polar surface area (TPSA) is 74.7 Å². The number of esters is 2. The van der Waals surface area contributed by atoms with Crippen LogP contribution in [0.2, 0.25) is 0 Å². The molecule has 6 nitrogen and oxygen atoms in total. The van der Waals surface area contributed by atoms with Gasteiger partial charge in [0.15, 0.2) is 6.61 Å². The first kappa shape index (κ1) is 17.9. The summed E-state index contributed by atoms with van der Waals surface area (Å²) in [5.41, 5.74) is 2.23. The van der Waals surface area contributed by atoms with Crippen molar-refractivity contribution in [1.82, 2.24) is 4.98 Å². The van der Waals surface area contributed by atoms with E-state index in [4.69, 9.17) is 14.2 Å². The molecule has 24 heavy (non-hydrogen) atoms. The van der Waals surface area contributed by atoms with Crippen LogP contribution in [-0.2, 0) is 20.9 Å². The van der Waals surface area contributed by atoms with Crippen LogP contribution < -0.4 is 4.74 Å². The third-order valence-corrected chi connectivity index (χ3v) is 3.32. The van der Waals surface area contributed by atoms with E-state index in [-0.39, 0.29) is 0 Å². The van der Waals surface area contributed by atoms with Gasteiger partial charge in [-0.1, -0.05) is 6.07 Å². The molecule has 0 aliphatic carbocycles. The molecule has 1 aromatic heterocycles.